The number of esters is 1. The number of nitro groups is 1. The average molecular weight is 267 g/mol. The minimum absolute atomic E-state index is 0.0700. The molecule has 1 aromatic carbocycles. The van der Waals surface area contributed by atoms with Crippen LogP contribution < -0.4 is 0 Å². The lowest BCUT2D eigenvalue weighted by molar-refractivity contribution is -0.384. The van der Waals surface area contributed by atoms with Crippen molar-refractivity contribution in [1.82, 2.24) is 0 Å². The summed E-state index contributed by atoms with van der Waals surface area (Å²) in [5, 5.41) is 10.5. The maximum atomic E-state index is 11.1. The lowest BCUT2D eigenvalue weighted by atomic mass is 10.3. The Labute approximate surface area is 109 Å². The van der Waals surface area contributed by atoms with Crippen LogP contribution in [0.1, 0.15) is 6.92 Å². The SMILES string of the molecule is COC(=O)C(C)=CCSc1ccc([N+](=O)[O-])cc1. The van der Waals surface area contributed by atoms with Crippen molar-refractivity contribution in [2.24, 2.45) is 0 Å². The molecule has 5 nitrogen and oxygen atoms in total. The second-order valence-electron chi connectivity index (χ2n) is 3.44. The Hall–Kier alpha value is -1.82. The van der Waals surface area contributed by atoms with Gasteiger partial charge in [-0.2, -0.15) is 0 Å². The zero-order chi connectivity index (χ0) is 13.5. The van der Waals surface area contributed by atoms with E-state index in [4.69, 9.17) is 0 Å². The van der Waals surface area contributed by atoms with Gasteiger partial charge in [-0.25, -0.2) is 4.79 Å². The van der Waals surface area contributed by atoms with Crippen molar-refractivity contribution in [3.63, 3.8) is 0 Å². The predicted molar refractivity (Wildman–Crippen MR) is 69.6 cm³/mol. The Morgan fingerprint density at radius 3 is 2.56 bits per heavy atom. The number of carbonyl (C=O) groups excluding carboxylic acids is 1. The molecule has 0 radical (unpaired) electrons. The first-order chi connectivity index (χ1) is 8.54. The minimum atomic E-state index is -0.435. The fourth-order valence-corrected chi connectivity index (χ4v) is 2.03. The molecule has 0 N–H and O–H groups in total. The smallest absolute Gasteiger partial charge is 0.333 e. The van der Waals surface area contributed by atoms with Crippen LogP contribution in [0.2, 0.25) is 0 Å². The first-order valence-corrected chi connectivity index (χ1v) is 6.15. The first kappa shape index (κ1) is 14.2. The van der Waals surface area contributed by atoms with Gasteiger partial charge in [0.25, 0.3) is 5.69 Å². The number of methoxy groups -OCH3 is 1. The summed E-state index contributed by atoms with van der Waals surface area (Å²) in [6, 6.07) is 6.28. The summed E-state index contributed by atoms with van der Waals surface area (Å²) in [7, 11) is 1.34. The van der Waals surface area contributed by atoms with Crippen LogP contribution in [0.25, 0.3) is 0 Å². The van der Waals surface area contributed by atoms with E-state index in [1.807, 2.05) is 0 Å². The van der Waals surface area contributed by atoms with E-state index in [0.29, 0.717) is 11.3 Å². The monoisotopic (exact) mass is 267 g/mol. The number of nitrogens with zero attached hydrogens (tertiary/aromatic N) is 1. The molecule has 0 bridgehead atoms. The predicted octanol–water partition coefficient (Wildman–Crippen LogP) is 2.81. The second kappa shape index (κ2) is 6.80. The number of carbonyl (C=O) groups is 1. The van der Waals surface area contributed by atoms with Crippen molar-refractivity contribution in [3.8, 4) is 0 Å². The molecule has 6 heteroatoms. The van der Waals surface area contributed by atoms with E-state index >= 15 is 0 Å². The molecule has 1 aromatic rings. The molecule has 0 aliphatic rings. The normalized spacial score (nSPS) is 11.1. The number of hydrogen-bond acceptors (Lipinski definition) is 5. The van der Waals surface area contributed by atoms with Crippen molar-refractivity contribution in [3.05, 3.63) is 46.0 Å². The number of hydrogen-bond donors (Lipinski definition) is 0. The van der Waals surface area contributed by atoms with E-state index in [9.17, 15) is 14.9 Å². The van der Waals surface area contributed by atoms with Gasteiger partial charge in [-0.1, -0.05) is 6.08 Å². The Balaban J connectivity index is 2.54. The van der Waals surface area contributed by atoms with Gasteiger partial charge in [0.2, 0.25) is 0 Å². The summed E-state index contributed by atoms with van der Waals surface area (Å²) in [5.74, 6) is 0.262. The fraction of sp³-hybridized carbons (Fsp3) is 0.250. The van der Waals surface area contributed by atoms with Crippen molar-refractivity contribution in [1.29, 1.82) is 0 Å². The van der Waals surface area contributed by atoms with Crippen LogP contribution in [0, 0.1) is 10.1 Å². The van der Waals surface area contributed by atoms with Crippen LogP contribution in [0.15, 0.2) is 40.8 Å². The summed E-state index contributed by atoms with van der Waals surface area (Å²) < 4.78 is 4.57. The van der Waals surface area contributed by atoms with Crippen LogP contribution in [-0.4, -0.2) is 23.8 Å². The third-order valence-corrected chi connectivity index (χ3v) is 3.13. The highest BCUT2D eigenvalue weighted by Gasteiger charge is 2.04. The molecular formula is C12H13NO4S. The summed E-state index contributed by atoms with van der Waals surface area (Å²) in [6.45, 7) is 1.68. The van der Waals surface area contributed by atoms with Gasteiger partial charge in [-0.3, -0.25) is 10.1 Å². The van der Waals surface area contributed by atoms with Crippen LogP contribution in [0.4, 0.5) is 5.69 Å². The maximum absolute atomic E-state index is 11.1. The van der Waals surface area contributed by atoms with E-state index in [0.717, 1.165) is 4.90 Å². The second-order valence-corrected chi connectivity index (χ2v) is 4.53. The van der Waals surface area contributed by atoms with E-state index < -0.39 is 4.92 Å². The van der Waals surface area contributed by atoms with Crippen LogP contribution in [-0.2, 0) is 9.53 Å². The lowest BCUT2D eigenvalue weighted by Crippen LogP contribution is -2.01. The Morgan fingerprint density at radius 1 is 1.44 bits per heavy atom. The number of rotatable bonds is 5. The van der Waals surface area contributed by atoms with Gasteiger partial charge in [0.15, 0.2) is 0 Å². The van der Waals surface area contributed by atoms with Crippen molar-refractivity contribution >= 4 is 23.4 Å². The van der Waals surface area contributed by atoms with Gasteiger partial charge in [0, 0.05) is 28.4 Å². The van der Waals surface area contributed by atoms with Gasteiger partial charge >= 0.3 is 5.97 Å². The van der Waals surface area contributed by atoms with E-state index in [1.54, 1.807) is 25.1 Å². The molecule has 0 fully saturated rings. The van der Waals surface area contributed by atoms with Crippen LogP contribution in [0.3, 0.4) is 0 Å². The van der Waals surface area contributed by atoms with Gasteiger partial charge in [0.1, 0.15) is 0 Å². The molecular weight excluding hydrogens is 254 g/mol. The van der Waals surface area contributed by atoms with Gasteiger partial charge in [-0.15, -0.1) is 11.8 Å². The van der Waals surface area contributed by atoms with Gasteiger partial charge < -0.3 is 4.74 Å². The average Bonchev–Trinajstić information content (AvgIpc) is 2.38. The van der Waals surface area contributed by atoms with E-state index in [2.05, 4.69) is 4.74 Å². The number of benzene rings is 1. The minimum Gasteiger partial charge on any atom is -0.466 e. The van der Waals surface area contributed by atoms with E-state index in [1.165, 1.54) is 31.0 Å². The van der Waals surface area contributed by atoms with Gasteiger partial charge in [0.05, 0.1) is 12.0 Å². The number of thioether (sulfide) groups is 1. The number of non-ortho nitro benzene ring substituents is 1. The highest BCUT2D eigenvalue weighted by molar-refractivity contribution is 7.99. The highest BCUT2D eigenvalue weighted by atomic mass is 32.2. The molecule has 0 saturated heterocycles. The molecule has 0 heterocycles. The highest BCUT2D eigenvalue weighted by Crippen LogP contribution is 2.21. The summed E-state index contributed by atoms with van der Waals surface area (Å²) in [5.41, 5.74) is 0.618. The Kier molecular flexibility index (Phi) is 5.38. The molecule has 0 unspecified atom stereocenters. The summed E-state index contributed by atoms with van der Waals surface area (Å²) in [6.07, 6.45) is 1.76. The number of nitro benzene ring substituents is 1. The molecule has 18 heavy (non-hydrogen) atoms. The lowest BCUT2D eigenvalue weighted by Gasteiger charge is -2.00. The third-order valence-electron chi connectivity index (χ3n) is 2.19. The molecule has 0 amide bonds. The Bertz CT molecular complexity index is 467. The molecule has 96 valence electrons. The Morgan fingerprint density at radius 2 is 2.06 bits per heavy atom. The third kappa shape index (κ3) is 4.21. The topological polar surface area (TPSA) is 69.4 Å². The summed E-state index contributed by atoms with van der Waals surface area (Å²) >= 11 is 1.49. The van der Waals surface area contributed by atoms with Crippen molar-refractivity contribution in [2.75, 3.05) is 12.9 Å². The van der Waals surface area contributed by atoms with Crippen LogP contribution in [0.5, 0.6) is 0 Å². The first-order valence-electron chi connectivity index (χ1n) is 5.17. The molecule has 0 atom stereocenters. The molecule has 0 saturated carbocycles. The van der Waals surface area contributed by atoms with Crippen LogP contribution >= 0.6 is 11.8 Å². The summed E-state index contributed by atoms with van der Waals surface area (Å²) in [4.78, 5) is 22.0. The van der Waals surface area contributed by atoms with Crippen molar-refractivity contribution in [2.45, 2.75) is 11.8 Å². The molecule has 0 spiro atoms. The maximum Gasteiger partial charge on any atom is 0.333 e. The zero-order valence-corrected chi connectivity index (χ0v) is 10.9. The van der Waals surface area contributed by atoms with E-state index in [-0.39, 0.29) is 11.7 Å². The fourth-order valence-electron chi connectivity index (χ4n) is 1.17. The van der Waals surface area contributed by atoms with Crippen molar-refractivity contribution < 1.29 is 14.5 Å². The van der Waals surface area contributed by atoms with Gasteiger partial charge in [-0.05, 0) is 19.1 Å². The quantitative estimate of drug-likeness (QED) is 0.270. The molecule has 0 aliphatic heterocycles. The molecule has 0 aliphatic carbocycles. The molecule has 1 rings (SSSR count). The number of ether oxygens (including phenoxy) is 1. The zero-order valence-electron chi connectivity index (χ0n) is 10.1. The molecule has 0 aromatic heterocycles. The standard InChI is InChI=1S/C12H13NO4S/c1-9(12(14)17-2)7-8-18-11-5-3-10(4-6-11)13(15)16/h3-7H,8H2,1-2H3. The largest absolute Gasteiger partial charge is 0.466 e.